The van der Waals surface area contributed by atoms with Gasteiger partial charge in [0.2, 0.25) is 11.6 Å². The zero-order chi connectivity index (χ0) is 13.5. The van der Waals surface area contributed by atoms with Gasteiger partial charge in [0.25, 0.3) is 0 Å². The van der Waals surface area contributed by atoms with Crippen LogP contribution in [0.4, 0.5) is 17.3 Å². The molecule has 18 heavy (non-hydrogen) atoms. The lowest BCUT2D eigenvalue weighted by molar-refractivity contribution is -0.383. The van der Waals surface area contributed by atoms with Gasteiger partial charge in [-0.3, -0.25) is 10.1 Å². The van der Waals surface area contributed by atoms with Crippen molar-refractivity contribution < 1.29 is 10.0 Å². The molecule has 1 aromatic heterocycles. The van der Waals surface area contributed by atoms with Gasteiger partial charge in [0.15, 0.2) is 0 Å². The van der Waals surface area contributed by atoms with Crippen LogP contribution in [-0.4, -0.2) is 46.7 Å². The molecule has 0 radical (unpaired) electrons. The van der Waals surface area contributed by atoms with Gasteiger partial charge in [-0.1, -0.05) is 0 Å². The van der Waals surface area contributed by atoms with Crippen LogP contribution in [0, 0.1) is 10.1 Å². The standard InChI is InChI=1S/C10H17N5O3/c1-3-11-9-8(15(17)18)10(13-7-12-9)14(2)5-4-6-16/h7,16H,3-6H2,1-2H3,(H,11,12,13). The van der Waals surface area contributed by atoms with Crippen LogP contribution in [0.5, 0.6) is 0 Å². The van der Waals surface area contributed by atoms with Crippen LogP contribution in [-0.2, 0) is 0 Å². The zero-order valence-electron chi connectivity index (χ0n) is 10.5. The van der Waals surface area contributed by atoms with Crippen LogP contribution >= 0.6 is 0 Å². The normalized spacial score (nSPS) is 10.2. The third-order valence-corrected chi connectivity index (χ3v) is 2.34. The van der Waals surface area contributed by atoms with E-state index in [0.717, 1.165) is 0 Å². The van der Waals surface area contributed by atoms with Crippen LogP contribution in [0.1, 0.15) is 13.3 Å². The Hall–Kier alpha value is -1.96. The van der Waals surface area contributed by atoms with Crippen molar-refractivity contribution in [1.82, 2.24) is 9.97 Å². The summed E-state index contributed by atoms with van der Waals surface area (Å²) in [6.07, 6.45) is 1.81. The van der Waals surface area contributed by atoms with E-state index in [0.29, 0.717) is 19.5 Å². The van der Waals surface area contributed by atoms with Gasteiger partial charge in [-0.15, -0.1) is 0 Å². The first-order valence-corrected chi connectivity index (χ1v) is 5.67. The number of hydrogen-bond acceptors (Lipinski definition) is 7. The predicted octanol–water partition coefficient (Wildman–Crippen LogP) is 0.635. The van der Waals surface area contributed by atoms with E-state index in [4.69, 9.17) is 5.11 Å². The lowest BCUT2D eigenvalue weighted by Crippen LogP contribution is -2.22. The number of nitro groups is 1. The molecule has 0 aliphatic rings. The van der Waals surface area contributed by atoms with E-state index >= 15 is 0 Å². The first-order valence-electron chi connectivity index (χ1n) is 5.67. The van der Waals surface area contributed by atoms with Gasteiger partial charge in [-0.05, 0) is 13.3 Å². The molecule has 0 spiro atoms. The van der Waals surface area contributed by atoms with Crippen molar-refractivity contribution in [2.75, 3.05) is 37.0 Å². The van der Waals surface area contributed by atoms with Crippen molar-refractivity contribution in [2.24, 2.45) is 0 Å². The minimum Gasteiger partial charge on any atom is -0.396 e. The van der Waals surface area contributed by atoms with Gasteiger partial charge < -0.3 is 15.3 Å². The van der Waals surface area contributed by atoms with E-state index in [1.807, 2.05) is 6.92 Å². The Balaban J connectivity index is 3.09. The molecule has 0 amide bonds. The monoisotopic (exact) mass is 255 g/mol. The number of nitrogens with zero attached hydrogens (tertiary/aromatic N) is 4. The molecule has 8 heteroatoms. The summed E-state index contributed by atoms with van der Waals surface area (Å²) in [6, 6.07) is 0. The van der Waals surface area contributed by atoms with Crippen molar-refractivity contribution in [3.63, 3.8) is 0 Å². The average Bonchev–Trinajstić information content (AvgIpc) is 2.35. The summed E-state index contributed by atoms with van der Waals surface area (Å²) in [4.78, 5) is 20.1. The van der Waals surface area contributed by atoms with Gasteiger partial charge in [0.05, 0.1) is 4.92 Å². The Kier molecular flexibility index (Phi) is 5.25. The number of anilines is 2. The van der Waals surface area contributed by atoms with Gasteiger partial charge in [0, 0.05) is 26.7 Å². The Morgan fingerprint density at radius 3 is 2.83 bits per heavy atom. The van der Waals surface area contributed by atoms with E-state index in [9.17, 15) is 10.1 Å². The van der Waals surface area contributed by atoms with E-state index in [1.54, 1.807) is 11.9 Å². The summed E-state index contributed by atoms with van der Waals surface area (Å²) >= 11 is 0. The second kappa shape index (κ2) is 6.70. The first-order chi connectivity index (χ1) is 8.61. The lowest BCUT2D eigenvalue weighted by Gasteiger charge is -2.17. The van der Waals surface area contributed by atoms with Gasteiger partial charge >= 0.3 is 5.69 Å². The number of hydrogen-bond donors (Lipinski definition) is 2. The molecule has 0 fully saturated rings. The maximum Gasteiger partial charge on any atom is 0.353 e. The quantitative estimate of drug-likeness (QED) is 0.544. The van der Waals surface area contributed by atoms with E-state index in [1.165, 1.54) is 6.33 Å². The van der Waals surface area contributed by atoms with Crippen LogP contribution in [0.3, 0.4) is 0 Å². The fourth-order valence-electron chi connectivity index (χ4n) is 1.53. The zero-order valence-corrected chi connectivity index (χ0v) is 10.5. The molecule has 0 saturated heterocycles. The van der Waals surface area contributed by atoms with Crippen LogP contribution in [0.15, 0.2) is 6.33 Å². The molecule has 0 bridgehead atoms. The number of nitrogens with one attached hydrogen (secondary N) is 1. The summed E-state index contributed by atoms with van der Waals surface area (Å²) in [5.41, 5.74) is -0.139. The minimum atomic E-state index is -0.497. The maximum absolute atomic E-state index is 11.1. The highest BCUT2D eigenvalue weighted by Gasteiger charge is 2.24. The fraction of sp³-hybridized carbons (Fsp3) is 0.600. The molecule has 1 rings (SSSR count). The summed E-state index contributed by atoms with van der Waals surface area (Å²) in [5, 5.41) is 22.7. The number of aliphatic hydroxyl groups is 1. The van der Waals surface area contributed by atoms with Crippen molar-refractivity contribution >= 4 is 17.3 Å². The van der Waals surface area contributed by atoms with Crippen LogP contribution in [0.2, 0.25) is 0 Å². The fourth-order valence-corrected chi connectivity index (χ4v) is 1.53. The molecule has 8 nitrogen and oxygen atoms in total. The highest BCUT2D eigenvalue weighted by atomic mass is 16.6. The van der Waals surface area contributed by atoms with Gasteiger partial charge in [-0.2, -0.15) is 0 Å². The highest BCUT2D eigenvalue weighted by molar-refractivity contribution is 5.69. The molecule has 100 valence electrons. The Labute approximate surface area is 105 Å². The van der Waals surface area contributed by atoms with Crippen LogP contribution < -0.4 is 10.2 Å². The lowest BCUT2D eigenvalue weighted by atomic mass is 10.3. The second-order valence-electron chi connectivity index (χ2n) is 3.68. The Morgan fingerprint density at radius 1 is 1.56 bits per heavy atom. The van der Waals surface area contributed by atoms with Gasteiger partial charge in [0.1, 0.15) is 6.33 Å². The largest absolute Gasteiger partial charge is 0.396 e. The molecule has 0 aliphatic carbocycles. The SMILES string of the molecule is CCNc1ncnc(N(C)CCCO)c1[N+](=O)[O-]. The molecule has 0 aliphatic heterocycles. The highest BCUT2D eigenvalue weighted by Crippen LogP contribution is 2.30. The minimum absolute atomic E-state index is 0.0310. The van der Waals surface area contributed by atoms with E-state index in [-0.39, 0.29) is 23.9 Å². The molecular weight excluding hydrogens is 238 g/mol. The smallest absolute Gasteiger partial charge is 0.353 e. The first kappa shape index (κ1) is 14.1. The van der Waals surface area contributed by atoms with Crippen molar-refractivity contribution in [3.05, 3.63) is 16.4 Å². The van der Waals surface area contributed by atoms with Crippen molar-refractivity contribution in [1.29, 1.82) is 0 Å². The number of aromatic nitrogens is 2. The third-order valence-electron chi connectivity index (χ3n) is 2.34. The number of rotatable bonds is 7. The molecule has 0 aromatic carbocycles. The summed E-state index contributed by atoms with van der Waals surface area (Å²) in [6.45, 7) is 2.89. The van der Waals surface area contributed by atoms with E-state index < -0.39 is 4.92 Å². The molecule has 0 unspecified atom stereocenters. The molecule has 1 aromatic rings. The third kappa shape index (κ3) is 3.27. The summed E-state index contributed by atoms with van der Waals surface area (Å²) < 4.78 is 0. The molecule has 0 saturated carbocycles. The molecule has 2 N–H and O–H groups in total. The summed E-state index contributed by atoms with van der Waals surface area (Å²) in [7, 11) is 1.70. The summed E-state index contributed by atoms with van der Waals surface area (Å²) in [5.74, 6) is 0.461. The van der Waals surface area contributed by atoms with E-state index in [2.05, 4.69) is 15.3 Å². The second-order valence-corrected chi connectivity index (χ2v) is 3.68. The van der Waals surface area contributed by atoms with Crippen LogP contribution in [0.25, 0.3) is 0 Å². The van der Waals surface area contributed by atoms with Gasteiger partial charge in [-0.25, -0.2) is 9.97 Å². The number of aliphatic hydroxyl groups excluding tert-OH is 1. The topological polar surface area (TPSA) is 104 Å². The maximum atomic E-state index is 11.1. The average molecular weight is 255 g/mol. The molecule has 0 atom stereocenters. The predicted molar refractivity (Wildman–Crippen MR) is 67.8 cm³/mol. The molecular formula is C10H17N5O3. The Morgan fingerprint density at radius 2 is 2.28 bits per heavy atom. The van der Waals surface area contributed by atoms with Crippen molar-refractivity contribution in [3.8, 4) is 0 Å². The van der Waals surface area contributed by atoms with Crippen molar-refractivity contribution in [2.45, 2.75) is 13.3 Å². The molecule has 1 heterocycles. The Bertz CT molecular complexity index is 412.